The summed E-state index contributed by atoms with van der Waals surface area (Å²) < 4.78 is 77.7. The van der Waals surface area contributed by atoms with Crippen LogP contribution in [0.5, 0.6) is 0 Å². The zero-order chi connectivity index (χ0) is 18.6. The van der Waals surface area contributed by atoms with Crippen LogP contribution in [0, 0.1) is 11.6 Å². The van der Waals surface area contributed by atoms with E-state index < -0.39 is 53.2 Å². The molecule has 2 aromatic rings. The highest BCUT2D eigenvalue weighted by atomic mass is 35.5. The van der Waals surface area contributed by atoms with Gasteiger partial charge in [0.15, 0.2) is 0 Å². The van der Waals surface area contributed by atoms with E-state index in [9.17, 15) is 25.6 Å². The molecular weight excluding hydrogens is 400 g/mol. The highest BCUT2D eigenvalue weighted by molar-refractivity contribution is 7.90. The second-order valence-electron chi connectivity index (χ2n) is 5.16. The summed E-state index contributed by atoms with van der Waals surface area (Å²) in [5, 5.41) is 7.24. The molecule has 12 heteroatoms. The van der Waals surface area contributed by atoms with Crippen molar-refractivity contribution >= 4 is 37.3 Å². The van der Waals surface area contributed by atoms with Gasteiger partial charge >= 0.3 is 0 Å². The summed E-state index contributed by atoms with van der Waals surface area (Å²) in [5.74, 6) is -1.92. The predicted octanol–water partition coefficient (Wildman–Crippen LogP) is 1.67. The lowest BCUT2D eigenvalue weighted by atomic mass is 10.1. The number of fused-ring (bicyclic) bond motifs is 1. The van der Waals surface area contributed by atoms with E-state index in [1.54, 1.807) is 0 Å². The molecule has 1 atom stereocenters. The Kier molecular flexibility index (Phi) is 4.24. The number of nitrogens with two attached hydrogens (primary N) is 1. The van der Waals surface area contributed by atoms with Crippen LogP contribution in [0.1, 0.15) is 11.7 Å². The Labute approximate surface area is 146 Å². The van der Waals surface area contributed by atoms with E-state index >= 15 is 0 Å². The lowest BCUT2D eigenvalue weighted by molar-refractivity contribution is 0.514. The molecule has 1 heterocycles. The first-order valence-corrected chi connectivity index (χ1v) is 10.0. The molecule has 0 saturated heterocycles. The van der Waals surface area contributed by atoms with E-state index in [1.165, 1.54) is 0 Å². The fourth-order valence-corrected chi connectivity index (χ4v) is 4.88. The molecule has 0 saturated carbocycles. The summed E-state index contributed by atoms with van der Waals surface area (Å²) in [5.41, 5.74) is -0.660. The van der Waals surface area contributed by atoms with Crippen molar-refractivity contribution in [3.05, 3.63) is 52.6 Å². The molecular formula is C13H10ClF2N3O4S2. The van der Waals surface area contributed by atoms with Gasteiger partial charge in [-0.25, -0.2) is 30.8 Å². The van der Waals surface area contributed by atoms with Crippen molar-refractivity contribution in [2.75, 3.05) is 5.32 Å². The number of anilines is 1. The van der Waals surface area contributed by atoms with Crippen LogP contribution in [0.3, 0.4) is 0 Å². The SMILES string of the molecule is NS(=O)(=O)c1cc2c(cc1Cl)NC(c1c(F)cccc1F)NS2(=O)=O. The Morgan fingerprint density at radius 2 is 1.76 bits per heavy atom. The lowest BCUT2D eigenvalue weighted by Crippen LogP contribution is -2.39. The minimum atomic E-state index is -4.30. The number of halogens is 3. The third kappa shape index (κ3) is 3.20. The maximum atomic E-state index is 13.9. The van der Waals surface area contributed by atoms with Gasteiger partial charge in [0.1, 0.15) is 27.6 Å². The van der Waals surface area contributed by atoms with Crippen LogP contribution < -0.4 is 15.2 Å². The van der Waals surface area contributed by atoms with Gasteiger partial charge in [-0.2, -0.15) is 4.72 Å². The molecule has 0 fully saturated rings. The minimum absolute atomic E-state index is 0.121. The summed E-state index contributed by atoms with van der Waals surface area (Å²) in [7, 11) is -8.57. The molecule has 7 nitrogen and oxygen atoms in total. The van der Waals surface area contributed by atoms with E-state index in [0.29, 0.717) is 0 Å². The monoisotopic (exact) mass is 409 g/mol. The van der Waals surface area contributed by atoms with E-state index in [2.05, 4.69) is 5.32 Å². The lowest BCUT2D eigenvalue weighted by Gasteiger charge is -2.29. The minimum Gasteiger partial charge on any atom is -0.364 e. The average Bonchev–Trinajstić information content (AvgIpc) is 2.44. The molecule has 4 N–H and O–H groups in total. The fraction of sp³-hybridized carbons (Fsp3) is 0.0769. The Hall–Kier alpha value is -1.79. The van der Waals surface area contributed by atoms with Crippen molar-refractivity contribution in [3.63, 3.8) is 0 Å². The number of hydrogen-bond acceptors (Lipinski definition) is 5. The first-order valence-electron chi connectivity index (χ1n) is 6.60. The van der Waals surface area contributed by atoms with E-state index in [-0.39, 0.29) is 10.7 Å². The van der Waals surface area contributed by atoms with Crippen LogP contribution in [-0.4, -0.2) is 16.8 Å². The van der Waals surface area contributed by atoms with Crippen LogP contribution >= 0.6 is 11.6 Å². The molecule has 1 unspecified atom stereocenters. The normalized spacial score (nSPS) is 19.1. The summed E-state index contributed by atoms with van der Waals surface area (Å²) in [4.78, 5) is -1.05. The van der Waals surface area contributed by atoms with Crippen molar-refractivity contribution in [2.24, 2.45) is 5.14 Å². The quantitative estimate of drug-likeness (QED) is 0.697. The highest BCUT2D eigenvalue weighted by Gasteiger charge is 2.34. The Bertz CT molecular complexity index is 1070. The fourth-order valence-electron chi connectivity index (χ4n) is 2.41. The molecule has 134 valence electrons. The first-order chi connectivity index (χ1) is 11.5. The molecule has 3 rings (SSSR count). The summed E-state index contributed by atoms with van der Waals surface area (Å²) in [6.07, 6.45) is -1.45. The number of rotatable bonds is 2. The summed E-state index contributed by atoms with van der Waals surface area (Å²) in [6, 6.07) is 4.87. The third-order valence-electron chi connectivity index (χ3n) is 3.49. The van der Waals surface area contributed by atoms with E-state index in [0.717, 1.165) is 30.3 Å². The van der Waals surface area contributed by atoms with E-state index in [4.69, 9.17) is 16.7 Å². The van der Waals surface area contributed by atoms with Crippen molar-refractivity contribution in [1.82, 2.24) is 4.72 Å². The number of hydrogen-bond donors (Lipinski definition) is 3. The molecule has 0 bridgehead atoms. The first kappa shape index (κ1) is 18.0. The van der Waals surface area contributed by atoms with Gasteiger partial charge in [0, 0.05) is 0 Å². The van der Waals surface area contributed by atoms with Crippen molar-refractivity contribution in [2.45, 2.75) is 16.0 Å². The molecule has 0 aliphatic carbocycles. The maximum absolute atomic E-state index is 13.9. The van der Waals surface area contributed by atoms with Crippen molar-refractivity contribution in [1.29, 1.82) is 0 Å². The summed E-state index contributed by atoms with van der Waals surface area (Å²) >= 11 is 5.83. The molecule has 0 spiro atoms. The van der Waals surface area contributed by atoms with Crippen LogP contribution in [0.25, 0.3) is 0 Å². The van der Waals surface area contributed by atoms with Crippen molar-refractivity contribution in [3.8, 4) is 0 Å². The third-order valence-corrected chi connectivity index (χ3v) is 6.33. The second-order valence-corrected chi connectivity index (χ2v) is 8.78. The van der Waals surface area contributed by atoms with Gasteiger partial charge in [0.25, 0.3) is 0 Å². The molecule has 0 radical (unpaired) electrons. The van der Waals surface area contributed by atoms with Crippen molar-refractivity contribution < 1.29 is 25.6 Å². The number of benzene rings is 2. The van der Waals surface area contributed by atoms with Crippen LogP contribution in [-0.2, 0) is 20.0 Å². The topological polar surface area (TPSA) is 118 Å². The zero-order valence-corrected chi connectivity index (χ0v) is 14.5. The number of primary sulfonamides is 1. The number of nitrogens with one attached hydrogen (secondary N) is 2. The highest BCUT2D eigenvalue weighted by Crippen LogP contribution is 2.37. The number of sulfonamides is 2. The second kappa shape index (κ2) is 5.88. The van der Waals surface area contributed by atoms with Gasteiger partial charge in [0.2, 0.25) is 20.0 Å². The molecule has 1 aliphatic rings. The van der Waals surface area contributed by atoms with Crippen LogP contribution in [0.2, 0.25) is 5.02 Å². The van der Waals surface area contributed by atoms with Gasteiger partial charge in [-0.3, -0.25) is 0 Å². The molecule has 25 heavy (non-hydrogen) atoms. The summed E-state index contributed by atoms with van der Waals surface area (Å²) in [6.45, 7) is 0. The van der Waals surface area contributed by atoms with Gasteiger partial charge < -0.3 is 5.32 Å². The molecule has 0 amide bonds. The standard InChI is InChI=1S/C13H10ClF2N3O4S2/c14-6-4-9-11(5-10(6)24(17,20)21)25(22,23)19-13(18-9)12-7(15)2-1-3-8(12)16/h1-5,13,18-19H,(H2,17,20,21). The van der Waals surface area contributed by atoms with Gasteiger partial charge in [-0.05, 0) is 24.3 Å². The van der Waals surface area contributed by atoms with Crippen LogP contribution in [0.15, 0.2) is 40.1 Å². The Morgan fingerprint density at radius 1 is 1.16 bits per heavy atom. The molecule has 2 aromatic carbocycles. The Morgan fingerprint density at radius 3 is 2.32 bits per heavy atom. The van der Waals surface area contributed by atoms with Crippen LogP contribution in [0.4, 0.5) is 14.5 Å². The van der Waals surface area contributed by atoms with Gasteiger partial charge in [0.05, 0.1) is 16.3 Å². The van der Waals surface area contributed by atoms with Gasteiger partial charge in [-0.1, -0.05) is 17.7 Å². The predicted molar refractivity (Wildman–Crippen MR) is 85.9 cm³/mol. The molecule has 1 aliphatic heterocycles. The smallest absolute Gasteiger partial charge is 0.244 e. The average molecular weight is 410 g/mol. The van der Waals surface area contributed by atoms with Gasteiger partial charge in [-0.15, -0.1) is 0 Å². The van der Waals surface area contributed by atoms with E-state index in [1.807, 2.05) is 4.72 Å². The Balaban J connectivity index is 2.18. The molecule has 0 aromatic heterocycles. The maximum Gasteiger partial charge on any atom is 0.244 e. The largest absolute Gasteiger partial charge is 0.364 e. The zero-order valence-electron chi connectivity index (χ0n) is 12.1.